The number of rotatable bonds is 4. The Bertz CT molecular complexity index is 628. The fraction of sp³-hybridized carbons (Fsp3) is 0.133. The molecule has 0 saturated carbocycles. The van der Waals surface area contributed by atoms with Crippen molar-refractivity contribution >= 4 is 27.6 Å². The van der Waals surface area contributed by atoms with E-state index in [2.05, 4.69) is 21.2 Å². The second kappa shape index (κ2) is 6.43. The zero-order valence-corrected chi connectivity index (χ0v) is 12.5. The number of nitrogens with one attached hydrogen (secondary N) is 1. The topological polar surface area (TPSA) is 58.6 Å². The van der Waals surface area contributed by atoms with Gasteiger partial charge in [0.15, 0.2) is 0 Å². The molecule has 0 fully saturated rings. The lowest BCUT2D eigenvalue weighted by Crippen LogP contribution is -2.08. The van der Waals surface area contributed by atoms with E-state index in [1.165, 1.54) is 7.11 Å². The first-order valence-corrected chi connectivity index (χ1v) is 6.79. The average molecular weight is 336 g/mol. The molecule has 0 spiro atoms. The summed E-state index contributed by atoms with van der Waals surface area (Å²) in [4.78, 5) is 11.6. The van der Waals surface area contributed by atoms with Crippen LogP contribution in [0.15, 0.2) is 46.9 Å². The van der Waals surface area contributed by atoms with Gasteiger partial charge in [-0.05, 0) is 45.8 Å². The number of benzene rings is 2. The van der Waals surface area contributed by atoms with Crippen LogP contribution < -0.4 is 5.32 Å². The van der Waals surface area contributed by atoms with Gasteiger partial charge in [-0.3, -0.25) is 0 Å². The van der Waals surface area contributed by atoms with Crippen molar-refractivity contribution in [2.75, 3.05) is 12.4 Å². The van der Waals surface area contributed by atoms with Crippen LogP contribution in [0, 0.1) is 0 Å². The van der Waals surface area contributed by atoms with Gasteiger partial charge < -0.3 is 15.2 Å². The molecule has 2 aromatic carbocycles. The van der Waals surface area contributed by atoms with E-state index in [1.54, 1.807) is 18.2 Å². The first-order chi connectivity index (χ1) is 9.61. The molecule has 20 heavy (non-hydrogen) atoms. The number of esters is 1. The molecule has 5 heteroatoms. The Hall–Kier alpha value is -2.01. The van der Waals surface area contributed by atoms with Gasteiger partial charge in [0.05, 0.1) is 17.1 Å². The molecule has 0 heterocycles. The summed E-state index contributed by atoms with van der Waals surface area (Å²) >= 11 is 3.27. The maximum atomic E-state index is 11.6. The minimum absolute atomic E-state index is 0.198. The van der Waals surface area contributed by atoms with E-state index in [1.807, 2.05) is 24.3 Å². The van der Waals surface area contributed by atoms with Crippen LogP contribution in [0.4, 0.5) is 5.69 Å². The zero-order valence-electron chi connectivity index (χ0n) is 10.9. The molecule has 0 aliphatic rings. The van der Waals surface area contributed by atoms with E-state index in [0.717, 1.165) is 5.56 Å². The molecular formula is C15H14BrNO3. The standard InChI is InChI=1S/C15H14BrNO3/c1-20-15(19)11-4-2-3-5-13(11)17-9-10-6-7-14(18)12(16)8-10/h2-8,17-18H,9H2,1H3. The van der Waals surface area contributed by atoms with Crippen molar-refractivity contribution in [3.8, 4) is 5.75 Å². The van der Waals surface area contributed by atoms with Crippen molar-refractivity contribution in [1.82, 2.24) is 0 Å². The summed E-state index contributed by atoms with van der Waals surface area (Å²) in [7, 11) is 1.36. The molecule has 0 bridgehead atoms. The lowest BCUT2D eigenvalue weighted by Gasteiger charge is -2.11. The summed E-state index contributed by atoms with van der Waals surface area (Å²) in [6.45, 7) is 0.535. The smallest absolute Gasteiger partial charge is 0.339 e. The third-order valence-electron chi connectivity index (χ3n) is 2.83. The summed E-state index contributed by atoms with van der Waals surface area (Å²) in [6, 6.07) is 12.4. The predicted molar refractivity (Wildman–Crippen MR) is 80.9 cm³/mol. The molecular weight excluding hydrogens is 322 g/mol. The monoisotopic (exact) mass is 335 g/mol. The number of methoxy groups -OCH3 is 1. The number of hydrogen-bond donors (Lipinski definition) is 2. The lowest BCUT2D eigenvalue weighted by atomic mass is 10.1. The molecule has 0 aromatic heterocycles. The zero-order chi connectivity index (χ0) is 14.5. The van der Waals surface area contributed by atoms with Gasteiger partial charge in [0, 0.05) is 12.2 Å². The van der Waals surface area contributed by atoms with Gasteiger partial charge >= 0.3 is 5.97 Å². The van der Waals surface area contributed by atoms with Crippen molar-refractivity contribution in [1.29, 1.82) is 0 Å². The van der Waals surface area contributed by atoms with Gasteiger partial charge in [-0.15, -0.1) is 0 Å². The fourth-order valence-electron chi connectivity index (χ4n) is 1.78. The van der Waals surface area contributed by atoms with Gasteiger partial charge in [-0.2, -0.15) is 0 Å². The van der Waals surface area contributed by atoms with Crippen LogP contribution in [-0.4, -0.2) is 18.2 Å². The van der Waals surface area contributed by atoms with Crippen LogP contribution in [-0.2, 0) is 11.3 Å². The number of ether oxygens (including phenoxy) is 1. The van der Waals surface area contributed by atoms with E-state index in [0.29, 0.717) is 22.3 Å². The SMILES string of the molecule is COC(=O)c1ccccc1NCc1ccc(O)c(Br)c1. The summed E-state index contributed by atoms with van der Waals surface area (Å²) in [6.07, 6.45) is 0. The first-order valence-electron chi connectivity index (χ1n) is 6.00. The second-order valence-corrected chi connectivity index (χ2v) is 5.03. The minimum Gasteiger partial charge on any atom is -0.507 e. The Kier molecular flexibility index (Phi) is 4.63. The summed E-state index contributed by atoms with van der Waals surface area (Å²) < 4.78 is 5.38. The first kappa shape index (κ1) is 14.4. The molecule has 104 valence electrons. The number of hydrogen-bond acceptors (Lipinski definition) is 4. The van der Waals surface area contributed by atoms with Crippen LogP contribution in [0.2, 0.25) is 0 Å². The Labute approximate surface area is 125 Å². The number of aromatic hydroxyl groups is 1. The van der Waals surface area contributed by atoms with E-state index in [-0.39, 0.29) is 11.7 Å². The van der Waals surface area contributed by atoms with Crippen LogP contribution >= 0.6 is 15.9 Å². The Balaban J connectivity index is 2.14. The fourth-order valence-corrected chi connectivity index (χ4v) is 2.21. The third-order valence-corrected chi connectivity index (χ3v) is 3.46. The van der Waals surface area contributed by atoms with Crippen molar-refractivity contribution in [2.45, 2.75) is 6.54 Å². The van der Waals surface area contributed by atoms with Gasteiger partial charge in [-0.1, -0.05) is 18.2 Å². The van der Waals surface area contributed by atoms with Gasteiger partial charge in [0.2, 0.25) is 0 Å². The summed E-state index contributed by atoms with van der Waals surface area (Å²) in [5.74, 6) is -0.177. The average Bonchev–Trinajstić information content (AvgIpc) is 2.48. The number of anilines is 1. The molecule has 0 aliphatic carbocycles. The van der Waals surface area contributed by atoms with Crippen LogP contribution in [0.25, 0.3) is 0 Å². The molecule has 0 radical (unpaired) electrons. The molecule has 0 saturated heterocycles. The third kappa shape index (κ3) is 3.30. The number of phenolic OH excluding ortho intramolecular Hbond substituents is 1. The largest absolute Gasteiger partial charge is 0.507 e. The highest BCUT2D eigenvalue weighted by molar-refractivity contribution is 9.10. The highest BCUT2D eigenvalue weighted by atomic mass is 79.9. The van der Waals surface area contributed by atoms with Crippen molar-refractivity contribution < 1.29 is 14.6 Å². The van der Waals surface area contributed by atoms with Crippen LogP contribution in [0.5, 0.6) is 5.75 Å². The molecule has 0 aliphatic heterocycles. The molecule has 2 rings (SSSR count). The van der Waals surface area contributed by atoms with E-state index >= 15 is 0 Å². The van der Waals surface area contributed by atoms with Crippen molar-refractivity contribution in [2.24, 2.45) is 0 Å². The molecule has 4 nitrogen and oxygen atoms in total. The van der Waals surface area contributed by atoms with Gasteiger partial charge in [0.25, 0.3) is 0 Å². The molecule has 0 atom stereocenters. The van der Waals surface area contributed by atoms with Crippen LogP contribution in [0.3, 0.4) is 0 Å². The Morgan fingerprint density at radius 1 is 1.30 bits per heavy atom. The maximum Gasteiger partial charge on any atom is 0.339 e. The maximum absolute atomic E-state index is 11.6. The van der Waals surface area contributed by atoms with E-state index in [9.17, 15) is 9.90 Å². The lowest BCUT2D eigenvalue weighted by molar-refractivity contribution is 0.0602. The van der Waals surface area contributed by atoms with Gasteiger partial charge in [0.1, 0.15) is 5.75 Å². The normalized spacial score (nSPS) is 10.1. The number of halogens is 1. The van der Waals surface area contributed by atoms with Crippen molar-refractivity contribution in [3.63, 3.8) is 0 Å². The molecule has 0 amide bonds. The summed E-state index contributed by atoms with van der Waals surface area (Å²) in [5, 5.41) is 12.6. The predicted octanol–water partition coefficient (Wildman–Crippen LogP) is 3.55. The second-order valence-electron chi connectivity index (χ2n) is 4.18. The highest BCUT2D eigenvalue weighted by Gasteiger charge is 2.10. The molecule has 2 N–H and O–H groups in total. The quantitative estimate of drug-likeness (QED) is 0.839. The Morgan fingerprint density at radius 2 is 2.05 bits per heavy atom. The minimum atomic E-state index is -0.375. The van der Waals surface area contributed by atoms with Crippen molar-refractivity contribution in [3.05, 3.63) is 58.1 Å². The number of carbonyl (C=O) groups excluding carboxylic acids is 1. The van der Waals surface area contributed by atoms with Crippen LogP contribution in [0.1, 0.15) is 15.9 Å². The number of carbonyl (C=O) groups is 1. The van der Waals surface area contributed by atoms with E-state index in [4.69, 9.17) is 4.74 Å². The van der Waals surface area contributed by atoms with Gasteiger partial charge in [-0.25, -0.2) is 4.79 Å². The summed E-state index contributed by atoms with van der Waals surface area (Å²) in [5.41, 5.74) is 2.19. The number of phenols is 1. The molecule has 0 unspecified atom stereocenters. The molecule has 2 aromatic rings. The highest BCUT2D eigenvalue weighted by Crippen LogP contribution is 2.25. The number of para-hydroxylation sites is 1. The van der Waals surface area contributed by atoms with E-state index < -0.39 is 0 Å². The Morgan fingerprint density at radius 3 is 2.75 bits per heavy atom.